The zero-order valence-corrected chi connectivity index (χ0v) is 11.1. The molecule has 1 aromatic rings. The smallest absolute Gasteiger partial charge is 0.0642 e. The van der Waals surface area contributed by atoms with Gasteiger partial charge in [-0.25, -0.2) is 0 Å². The third kappa shape index (κ3) is 3.27. The predicted molar refractivity (Wildman–Crippen MR) is 73.1 cm³/mol. The van der Waals surface area contributed by atoms with E-state index in [1.54, 1.807) is 0 Å². The Morgan fingerprint density at radius 2 is 2.06 bits per heavy atom. The lowest BCUT2D eigenvalue weighted by Gasteiger charge is -2.23. The van der Waals surface area contributed by atoms with Gasteiger partial charge in [0.15, 0.2) is 0 Å². The molecular weight excluding hydrogens is 243 g/mol. The lowest BCUT2D eigenvalue weighted by atomic mass is 10.2. The minimum absolute atomic E-state index is 0. The Morgan fingerprint density at radius 1 is 1.25 bits per heavy atom. The zero-order valence-electron chi connectivity index (χ0n) is 9.50. The summed E-state index contributed by atoms with van der Waals surface area (Å²) in [6.45, 7) is 6.36. The summed E-state index contributed by atoms with van der Waals surface area (Å²) in [7, 11) is 0. The van der Waals surface area contributed by atoms with E-state index in [1.807, 2.05) is 6.07 Å². The highest BCUT2D eigenvalue weighted by Crippen LogP contribution is 2.26. The van der Waals surface area contributed by atoms with Gasteiger partial charge in [0, 0.05) is 19.6 Å². The van der Waals surface area contributed by atoms with Crippen LogP contribution in [0.1, 0.15) is 12.0 Å². The van der Waals surface area contributed by atoms with Gasteiger partial charge in [-0.3, -0.25) is 0 Å². The molecule has 0 unspecified atom stereocenters. The number of nitrogens with zero attached hydrogens (tertiary/aromatic N) is 1. The van der Waals surface area contributed by atoms with Crippen LogP contribution in [0.2, 0.25) is 5.02 Å². The first-order valence-corrected chi connectivity index (χ1v) is 5.87. The van der Waals surface area contributed by atoms with E-state index < -0.39 is 0 Å². The van der Waals surface area contributed by atoms with Gasteiger partial charge >= 0.3 is 0 Å². The highest BCUT2D eigenvalue weighted by molar-refractivity contribution is 6.33. The van der Waals surface area contributed by atoms with Gasteiger partial charge in [-0.1, -0.05) is 17.7 Å². The first-order valence-electron chi connectivity index (χ1n) is 5.49. The number of aryl methyl sites for hydroxylation is 1. The number of benzene rings is 1. The molecule has 1 saturated heterocycles. The first-order chi connectivity index (χ1) is 7.27. The zero-order chi connectivity index (χ0) is 10.7. The van der Waals surface area contributed by atoms with Gasteiger partial charge in [0.1, 0.15) is 0 Å². The first kappa shape index (κ1) is 13.6. The SMILES string of the molecule is Cc1ccc(N2CCCNCC2)c(Cl)c1.Cl. The number of hydrogen-bond donors (Lipinski definition) is 1. The van der Waals surface area contributed by atoms with Crippen LogP contribution in [0.15, 0.2) is 18.2 Å². The molecule has 0 spiro atoms. The summed E-state index contributed by atoms with van der Waals surface area (Å²) in [6.07, 6.45) is 1.18. The molecule has 4 heteroatoms. The van der Waals surface area contributed by atoms with E-state index in [0.717, 1.165) is 31.2 Å². The summed E-state index contributed by atoms with van der Waals surface area (Å²) in [6, 6.07) is 6.29. The van der Waals surface area contributed by atoms with Crippen molar-refractivity contribution in [1.82, 2.24) is 5.32 Å². The topological polar surface area (TPSA) is 15.3 Å². The van der Waals surface area contributed by atoms with Crippen LogP contribution in [0.5, 0.6) is 0 Å². The van der Waals surface area contributed by atoms with Crippen LogP contribution in [0, 0.1) is 6.92 Å². The molecule has 2 rings (SSSR count). The Bertz CT molecular complexity index is 334. The summed E-state index contributed by atoms with van der Waals surface area (Å²) < 4.78 is 0. The van der Waals surface area contributed by atoms with Gasteiger partial charge in [-0.2, -0.15) is 0 Å². The second-order valence-corrected chi connectivity index (χ2v) is 4.45. The fourth-order valence-electron chi connectivity index (χ4n) is 1.96. The van der Waals surface area contributed by atoms with Crippen molar-refractivity contribution >= 4 is 29.7 Å². The van der Waals surface area contributed by atoms with Crippen molar-refractivity contribution in [2.45, 2.75) is 13.3 Å². The van der Waals surface area contributed by atoms with Crippen molar-refractivity contribution in [2.24, 2.45) is 0 Å². The molecule has 1 aromatic carbocycles. The molecule has 16 heavy (non-hydrogen) atoms. The molecule has 1 aliphatic heterocycles. The van der Waals surface area contributed by atoms with Crippen LogP contribution < -0.4 is 10.2 Å². The standard InChI is InChI=1S/C12H17ClN2.ClH/c1-10-3-4-12(11(13)9-10)15-7-2-5-14-6-8-15;/h3-4,9,14H,2,5-8H2,1H3;1H. The van der Waals surface area contributed by atoms with Crippen LogP contribution in [0.4, 0.5) is 5.69 Å². The van der Waals surface area contributed by atoms with Gasteiger partial charge in [0.2, 0.25) is 0 Å². The quantitative estimate of drug-likeness (QED) is 0.836. The van der Waals surface area contributed by atoms with E-state index in [4.69, 9.17) is 11.6 Å². The molecule has 0 aliphatic carbocycles. The van der Waals surface area contributed by atoms with Crippen LogP contribution >= 0.6 is 24.0 Å². The number of anilines is 1. The summed E-state index contributed by atoms with van der Waals surface area (Å²) in [5, 5.41) is 4.27. The van der Waals surface area contributed by atoms with E-state index in [-0.39, 0.29) is 12.4 Å². The molecule has 2 nitrogen and oxygen atoms in total. The molecule has 0 bridgehead atoms. The largest absolute Gasteiger partial charge is 0.369 e. The van der Waals surface area contributed by atoms with E-state index >= 15 is 0 Å². The second kappa shape index (κ2) is 6.33. The van der Waals surface area contributed by atoms with Gasteiger partial charge < -0.3 is 10.2 Å². The van der Waals surface area contributed by atoms with Gasteiger partial charge in [-0.15, -0.1) is 12.4 Å². The Labute approximate surface area is 108 Å². The highest BCUT2D eigenvalue weighted by atomic mass is 35.5. The molecule has 0 radical (unpaired) electrons. The van der Waals surface area contributed by atoms with Crippen LogP contribution in [0.3, 0.4) is 0 Å². The van der Waals surface area contributed by atoms with Gasteiger partial charge in [-0.05, 0) is 37.6 Å². The third-order valence-corrected chi connectivity index (χ3v) is 3.09. The van der Waals surface area contributed by atoms with Gasteiger partial charge in [0.25, 0.3) is 0 Å². The average Bonchev–Trinajstić information content (AvgIpc) is 2.46. The molecule has 1 fully saturated rings. The number of hydrogen-bond acceptors (Lipinski definition) is 2. The third-order valence-electron chi connectivity index (χ3n) is 2.78. The van der Waals surface area contributed by atoms with Crippen LogP contribution in [-0.4, -0.2) is 26.2 Å². The molecule has 0 saturated carbocycles. The molecular formula is C12H18Cl2N2. The number of nitrogens with one attached hydrogen (secondary N) is 1. The molecule has 1 N–H and O–H groups in total. The van der Waals surface area contributed by atoms with Crippen molar-refractivity contribution < 1.29 is 0 Å². The van der Waals surface area contributed by atoms with E-state index in [9.17, 15) is 0 Å². The molecule has 0 amide bonds. The Hall–Kier alpha value is -0.440. The van der Waals surface area contributed by atoms with Crippen molar-refractivity contribution in [2.75, 3.05) is 31.1 Å². The average molecular weight is 261 g/mol. The van der Waals surface area contributed by atoms with Crippen molar-refractivity contribution in [3.8, 4) is 0 Å². The predicted octanol–water partition coefficient (Wildman–Crippen LogP) is 2.87. The van der Waals surface area contributed by atoms with Crippen LogP contribution in [-0.2, 0) is 0 Å². The van der Waals surface area contributed by atoms with E-state index in [0.29, 0.717) is 0 Å². The number of rotatable bonds is 1. The fourth-order valence-corrected chi connectivity index (χ4v) is 2.31. The Balaban J connectivity index is 0.00000128. The molecule has 1 heterocycles. The minimum atomic E-state index is 0. The molecule has 1 aliphatic rings. The molecule has 0 aromatic heterocycles. The molecule has 0 atom stereocenters. The Morgan fingerprint density at radius 3 is 2.81 bits per heavy atom. The van der Waals surface area contributed by atoms with Crippen LogP contribution in [0.25, 0.3) is 0 Å². The van der Waals surface area contributed by atoms with Gasteiger partial charge in [0.05, 0.1) is 10.7 Å². The van der Waals surface area contributed by atoms with Crippen molar-refractivity contribution in [3.05, 3.63) is 28.8 Å². The maximum atomic E-state index is 6.25. The van der Waals surface area contributed by atoms with E-state index in [2.05, 4.69) is 29.3 Å². The summed E-state index contributed by atoms with van der Waals surface area (Å²) in [4.78, 5) is 2.36. The maximum absolute atomic E-state index is 6.25. The summed E-state index contributed by atoms with van der Waals surface area (Å²) in [5.74, 6) is 0. The number of halogens is 2. The lowest BCUT2D eigenvalue weighted by molar-refractivity contribution is 0.724. The second-order valence-electron chi connectivity index (χ2n) is 4.05. The Kier molecular flexibility index (Phi) is 5.39. The molecule has 90 valence electrons. The normalized spacial score (nSPS) is 16.5. The maximum Gasteiger partial charge on any atom is 0.0642 e. The highest BCUT2D eigenvalue weighted by Gasteiger charge is 2.11. The van der Waals surface area contributed by atoms with E-state index in [1.165, 1.54) is 17.7 Å². The fraction of sp³-hybridized carbons (Fsp3) is 0.500. The monoisotopic (exact) mass is 260 g/mol. The van der Waals surface area contributed by atoms with Crippen molar-refractivity contribution in [1.29, 1.82) is 0 Å². The minimum Gasteiger partial charge on any atom is -0.369 e. The van der Waals surface area contributed by atoms with Crippen molar-refractivity contribution in [3.63, 3.8) is 0 Å². The summed E-state index contributed by atoms with van der Waals surface area (Å²) in [5.41, 5.74) is 2.39. The summed E-state index contributed by atoms with van der Waals surface area (Å²) >= 11 is 6.25. The lowest BCUT2D eigenvalue weighted by Crippen LogP contribution is -2.27.